The van der Waals surface area contributed by atoms with Gasteiger partial charge >= 0.3 is 0 Å². The molecule has 0 bridgehead atoms. The summed E-state index contributed by atoms with van der Waals surface area (Å²) in [4.78, 5) is 11.1. The molecular formula is C21H15Br2N3S2. The van der Waals surface area contributed by atoms with Gasteiger partial charge in [0.1, 0.15) is 17.0 Å². The molecule has 7 heteroatoms. The zero-order chi connectivity index (χ0) is 19.3. The van der Waals surface area contributed by atoms with E-state index in [1.54, 1.807) is 17.7 Å². The van der Waals surface area contributed by atoms with Crippen molar-refractivity contribution in [2.24, 2.45) is 0 Å². The molecule has 3 nitrogen and oxygen atoms in total. The maximum atomic E-state index is 6.27. The number of nitrogens with two attached hydrogens (primary N) is 1. The van der Waals surface area contributed by atoms with Gasteiger partial charge in [0.05, 0.1) is 10.6 Å². The number of thiophene rings is 1. The summed E-state index contributed by atoms with van der Waals surface area (Å²) < 4.78 is 2.19. The Bertz CT molecular complexity index is 1160. The number of nitrogens with zero attached hydrogens (tertiary/aromatic N) is 2. The Hall–Kier alpha value is -1.41. The molecule has 0 amide bonds. The van der Waals surface area contributed by atoms with E-state index in [-0.39, 0.29) is 5.25 Å². The van der Waals surface area contributed by atoms with E-state index in [1.807, 2.05) is 11.8 Å². The second-order valence-corrected chi connectivity index (χ2v) is 10.9. The van der Waals surface area contributed by atoms with Crippen LogP contribution in [0.2, 0.25) is 0 Å². The van der Waals surface area contributed by atoms with Crippen molar-refractivity contribution in [3.8, 4) is 0 Å². The zero-order valence-corrected chi connectivity index (χ0v) is 19.4. The molecule has 1 aliphatic rings. The van der Waals surface area contributed by atoms with Crippen LogP contribution in [-0.4, -0.2) is 9.97 Å². The zero-order valence-electron chi connectivity index (χ0n) is 14.6. The van der Waals surface area contributed by atoms with Gasteiger partial charge in [-0.1, -0.05) is 56.1 Å². The molecule has 2 aromatic heterocycles. The molecule has 1 aliphatic heterocycles. The second kappa shape index (κ2) is 7.44. The van der Waals surface area contributed by atoms with Crippen LogP contribution in [0, 0.1) is 0 Å². The van der Waals surface area contributed by atoms with E-state index in [4.69, 9.17) is 5.73 Å². The van der Waals surface area contributed by atoms with Crippen molar-refractivity contribution in [3.63, 3.8) is 0 Å². The van der Waals surface area contributed by atoms with Gasteiger partial charge < -0.3 is 5.73 Å². The number of thioether (sulfide) groups is 1. The fourth-order valence-corrected chi connectivity index (χ4v) is 7.16. The van der Waals surface area contributed by atoms with Crippen LogP contribution in [0.25, 0.3) is 10.2 Å². The highest BCUT2D eigenvalue weighted by atomic mass is 79.9. The van der Waals surface area contributed by atoms with Crippen molar-refractivity contribution < 1.29 is 0 Å². The summed E-state index contributed by atoms with van der Waals surface area (Å²) in [5.74, 6) is 0.582. The number of fused-ring (bicyclic) bond motifs is 3. The first kappa shape index (κ1) is 18.6. The van der Waals surface area contributed by atoms with Gasteiger partial charge in [0, 0.05) is 19.1 Å². The van der Waals surface area contributed by atoms with Gasteiger partial charge in [0.2, 0.25) is 0 Å². The average molecular weight is 533 g/mol. The Kier molecular flexibility index (Phi) is 4.95. The van der Waals surface area contributed by atoms with Crippen LogP contribution >= 0.6 is 55.0 Å². The third kappa shape index (κ3) is 3.28. The van der Waals surface area contributed by atoms with Crippen LogP contribution in [0.4, 0.5) is 5.82 Å². The summed E-state index contributed by atoms with van der Waals surface area (Å²) in [6.45, 7) is 0. The molecule has 0 unspecified atom stereocenters. The molecule has 28 heavy (non-hydrogen) atoms. The Morgan fingerprint density at radius 2 is 1.54 bits per heavy atom. The highest BCUT2D eigenvalue weighted by Crippen LogP contribution is 2.55. The summed E-state index contributed by atoms with van der Waals surface area (Å²) >= 11 is 10.8. The van der Waals surface area contributed by atoms with Gasteiger partial charge in [-0.15, -0.1) is 23.1 Å². The summed E-state index contributed by atoms with van der Waals surface area (Å²) in [6, 6.07) is 17.3. The lowest BCUT2D eigenvalue weighted by atomic mass is 9.98. The standard InChI is InChI=1S/C21H15Br2N3S2/c22-13-5-1-11(2-6-13)16-9-15-17-20(24)25-10-26-21(17)28-19(15)18(27-16)12-3-7-14(23)8-4-12/h1-8,10,16,18H,9H2,(H2,24,25,26)/t16-,18+/m1/s1. The van der Waals surface area contributed by atoms with Crippen LogP contribution < -0.4 is 5.73 Å². The minimum Gasteiger partial charge on any atom is -0.383 e. The largest absolute Gasteiger partial charge is 0.383 e. The highest BCUT2D eigenvalue weighted by molar-refractivity contribution is 9.10. The lowest BCUT2D eigenvalue weighted by Gasteiger charge is -2.30. The first-order chi connectivity index (χ1) is 13.6. The fraction of sp³-hybridized carbons (Fsp3) is 0.143. The number of anilines is 1. The molecule has 140 valence electrons. The summed E-state index contributed by atoms with van der Waals surface area (Å²) in [6.07, 6.45) is 2.50. The first-order valence-corrected chi connectivity index (χ1v) is 12.1. The average Bonchev–Trinajstić information content (AvgIpc) is 3.08. The van der Waals surface area contributed by atoms with Crippen LogP contribution in [0.1, 0.15) is 32.1 Å². The van der Waals surface area contributed by atoms with E-state index >= 15 is 0 Å². The van der Waals surface area contributed by atoms with Crippen molar-refractivity contribution in [2.45, 2.75) is 16.9 Å². The van der Waals surface area contributed by atoms with E-state index in [1.165, 1.54) is 21.6 Å². The third-order valence-electron chi connectivity index (χ3n) is 4.99. The van der Waals surface area contributed by atoms with Crippen molar-refractivity contribution >= 4 is 71.0 Å². The number of aromatic nitrogens is 2. The summed E-state index contributed by atoms with van der Waals surface area (Å²) in [7, 11) is 0. The van der Waals surface area contributed by atoms with E-state index in [9.17, 15) is 0 Å². The maximum Gasteiger partial charge on any atom is 0.135 e. The quantitative estimate of drug-likeness (QED) is 0.304. The van der Waals surface area contributed by atoms with Crippen LogP contribution in [-0.2, 0) is 6.42 Å². The number of hydrogen-bond donors (Lipinski definition) is 1. The Morgan fingerprint density at radius 1 is 0.893 bits per heavy atom. The number of rotatable bonds is 2. The number of halogens is 2. The SMILES string of the molecule is Nc1ncnc2sc3c(c12)C[C@H](c1ccc(Br)cc1)S[C@H]3c1ccc(Br)cc1. The van der Waals surface area contributed by atoms with Gasteiger partial charge in [-0.25, -0.2) is 9.97 Å². The monoisotopic (exact) mass is 531 g/mol. The van der Waals surface area contributed by atoms with Gasteiger partial charge in [0.25, 0.3) is 0 Å². The summed E-state index contributed by atoms with van der Waals surface area (Å²) in [5.41, 5.74) is 10.2. The molecule has 5 rings (SSSR count). The van der Waals surface area contributed by atoms with Crippen molar-refractivity contribution in [2.75, 3.05) is 5.73 Å². The van der Waals surface area contributed by atoms with Crippen LogP contribution in [0.5, 0.6) is 0 Å². The Balaban J connectivity index is 1.68. The molecule has 0 spiro atoms. The van der Waals surface area contributed by atoms with E-state index in [2.05, 4.69) is 90.4 Å². The predicted molar refractivity (Wildman–Crippen MR) is 126 cm³/mol. The van der Waals surface area contributed by atoms with E-state index < -0.39 is 0 Å². The fourth-order valence-electron chi connectivity index (χ4n) is 3.65. The molecule has 2 aromatic carbocycles. The van der Waals surface area contributed by atoms with Gasteiger partial charge in [0.15, 0.2) is 0 Å². The molecule has 0 saturated carbocycles. The van der Waals surface area contributed by atoms with Crippen molar-refractivity contribution in [3.05, 3.63) is 85.4 Å². The molecule has 0 saturated heterocycles. The Morgan fingerprint density at radius 3 is 2.21 bits per heavy atom. The highest BCUT2D eigenvalue weighted by Gasteiger charge is 2.33. The van der Waals surface area contributed by atoms with Crippen molar-refractivity contribution in [1.82, 2.24) is 9.97 Å². The molecule has 0 fully saturated rings. The molecule has 2 N–H and O–H groups in total. The van der Waals surface area contributed by atoms with Gasteiger partial charge in [-0.05, 0) is 47.4 Å². The van der Waals surface area contributed by atoms with Gasteiger partial charge in [-0.2, -0.15) is 0 Å². The minimum atomic E-state index is 0.254. The number of hydrogen-bond acceptors (Lipinski definition) is 5. The lowest BCUT2D eigenvalue weighted by molar-refractivity contribution is 0.894. The molecule has 0 radical (unpaired) electrons. The molecule has 4 aromatic rings. The van der Waals surface area contributed by atoms with E-state index in [0.717, 1.165) is 25.6 Å². The molecular weight excluding hydrogens is 518 g/mol. The maximum absolute atomic E-state index is 6.27. The van der Waals surface area contributed by atoms with Crippen LogP contribution in [0.15, 0.2) is 63.8 Å². The number of nitrogen functional groups attached to an aromatic ring is 1. The normalized spacial score (nSPS) is 18.9. The Labute approximate surface area is 188 Å². The first-order valence-electron chi connectivity index (χ1n) is 8.78. The predicted octanol–water partition coefficient (Wildman–Crippen LogP) is 6.92. The van der Waals surface area contributed by atoms with Crippen molar-refractivity contribution in [1.29, 1.82) is 0 Å². The minimum absolute atomic E-state index is 0.254. The lowest BCUT2D eigenvalue weighted by Crippen LogP contribution is -2.12. The third-order valence-corrected chi connectivity index (χ3v) is 8.95. The topological polar surface area (TPSA) is 51.8 Å². The second-order valence-electron chi connectivity index (χ2n) is 6.70. The molecule has 0 aliphatic carbocycles. The smallest absolute Gasteiger partial charge is 0.135 e. The summed E-state index contributed by atoms with van der Waals surface area (Å²) in [5, 5.41) is 1.64. The van der Waals surface area contributed by atoms with E-state index in [0.29, 0.717) is 11.1 Å². The van der Waals surface area contributed by atoms with Gasteiger partial charge in [-0.3, -0.25) is 0 Å². The van der Waals surface area contributed by atoms with Crippen LogP contribution in [0.3, 0.4) is 0 Å². The molecule has 2 atom stereocenters. The number of benzene rings is 2. The molecule has 3 heterocycles.